The van der Waals surface area contributed by atoms with Crippen LogP contribution < -0.4 is 0 Å². The first-order valence-electron chi connectivity index (χ1n) is 3.61. The fourth-order valence-corrected chi connectivity index (χ4v) is 3.05. The van der Waals surface area contributed by atoms with Gasteiger partial charge in [-0.05, 0) is 40.8 Å². The summed E-state index contributed by atoms with van der Waals surface area (Å²) in [5.74, 6) is 0. The van der Waals surface area contributed by atoms with Crippen LogP contribution in [0.3, 0.4) is 0 Å². The van der Waals surface area contributed by atoms with Crippen molar-refractivity contribution >= 4 is 61.5 Å². The van der Waals surface area contributed by atoms with E-state index in [-0.39, 0.29) is 0 Å². The number of aromatic nitrogens is 2. The average molecular weight is 401 g/mol. The van der Waals surface area contributed by atoms with Gasteiger partial charge in [-0.25, -0.2) is 0 Å². The van der Waals surface area contributed by atoms with Crippen molar-refractivity contribution in [2.75, 3.05) is 0 Å². The minimum atomic E-state index is 0.702. The summed E-state index contributed by atoms with van der Waals surface area (Å²) in [6.07, 6.45) is 0. The number of hydrogen-bond acceptors (Lipinski definition) is 3. The van der Waals surface area contributed by atoms with Crippen molar-refractivity contribution < 1.29 is 0 Å². The summed E-state index contributed by atoms with van der Waals surface area (Å²) in [5.41, 5.74) is 0.984. The van der Waals surface area contributed by atoms with Gasteiger partial charge in [-0.3, -0.25) is 0 Å². The van der Waals surface area contributed by atoms with E-state index in [0.717, 1.165) is 18.1 Å². The van der Waals surface area contributed by atoms with Gasteiger partial charge in [0, 0.05) is 15.1 Å². The van der Waals surface area contributed by atoms with Gasteiger partial charge in [0.05, 0.1) is 0 Å². The van der Waals surface area contributed by atoms with Crippen molar-refractivity contribution in [3.8, 4) is 10.6 Å². The molecule has 1 aromatic heterocycles. The normalized spacial score (nSPS) is 10.5. The summed E-state index contributed by atoms with van der Waals surface area (Å²) >= 11 is 13.0. The fraction of sp³-hybridized carbons (Fsp3) is 0. The third-order valence-corrected chi connectivity index (χ3v) is 4.11. The zero-order valence-corrected chi connectivity index (χ0v) is 12.0. The molecule has 0 radical (unpaired) electrons. The van der Waals surface area contributed by atoms with E-state index in [4.69, 9.17) is 11.6 Å². The van der Waals surface area contributed by atoms with Crippen LogP contribution in [0.2, 0.25) is 5.02 Å². The molecule has 72 valence electrons. The molecule has 0 N–H and O–H groups in total. The van der Waals surface area contributed by atoms with E-state index in [1.165, 1.54) is 11.3 Å². The van der Waals surface area contributed by atoms with E-state index in [1.54, 1.807) is 0 Å². The first-order valence-corrected chi connectivity index (χ1v) is 6.68. The topological polar surface area (TPSA) is 25.8 Å². The Morgan fingerprint density at radius 2 is 2.14 bits per heavy atom. The number of benzene rings is 1. The predicted molar refractivity (Wildman–Crippen MR) is 70.8 cm³/mol. The molecule has 2 rings (SSSR count). The zero-order chi connectivity index (χ0) is 10.1. The lowest BCUT2D eigenvalue weighted by Crippen LogP contribution is -1.79. The van der Waals surface area contributed by atoms with Crippen LogP contribution in [-0.2, 0) is 0 Å². The van der Waals surface area contributed by atoms with E-state index in [9.17, 15) is 0 Å². The molecule has 0 unspecified atom stereocenters. The van der Waals surface area contributed by atoms with Crippen LogP contribution in [0.1, 0.15) is 0 Å². The molecule has 0 amide bonds. The van der Waals surface area contributed by atoms with Crippen molar-refractivity contribution in [3.05, 3.63) is 30.7 Å². The zero-order valence-electron chi connectivity index (χ0n) is 6.67. The van der Waals surface area contributed by atoms with Gasteiger partial charge in [-0.1, -0.05) is 38.9 Å². The second kappa shape index (κ2) is 4.42. The highest BCUT2D eigenvalue weighted by Gasteiger charge is 2.08. The quantitative estimate of drug-likeness (QED) is 0.669. The second-order valence-corrected chi connectivity index (χ2v) is 6.51. The van der Waals surface area contributed by atoms with Gasteiger partial charge in [-0.15, -0.1) is 10.2 Å². The number of hydrogen-bond donors (Lipinski definition) is 0. The largest absolute Gasteiger partial charge is 0.178 e. The molecule has 1 heterocycles. The molecule has 0 aliphatic heterocycles. The van der Waals surface area contributed by atoms with E-state index in [0.29, 0.717) is 5.02 Å². The van der Waals surface area contributed by atoms with E-state index < -0.39 is 0 Å². The van der Waals surface area contributed by atoms with Crippen molar-refractivity contribution in [2.24, 2.45) is 0 Å². The predicted octanol–water partition coefficient (Wildman–Crippen LogP) is 4.23. The maximum atomic E-state index is 5.91. The third kappa shape index (κ3) is 2.26. The first-order chi connectivity index (χ1) is 6.66. The maximum Gasteiger partial charge on any atom is 0.178 e. The van der Waals surface area contributed by atoms with E-state index in [1.807, 2.05) is 18.2 Å². The van der Waals surface area contributed by atoms with Crippen molar-refractivity contribution in [1.82, 2.24) is 10.2 Å². The molecular formula is C8H3BrClIN2S. The Kier molecular flexibility index (Phi) is 3.41. The van der Waals surface area contributed by atoms with Crippen molar-refractivity contribution in [3.63, 3.8) is 0 Å². The Bertz CT molecular complexity index is 474. The Hall–Kier alpha value is 0.280. The van der Waals surface area contributed by atoms with Crippen LogP contribution in [0.25, 0.3) is 10.6 Å². The number of nitrogens with zero attached hydrogens (tertiary/aromatic N) is 2. The van der Waals surface area contributed by atoms with Crippen LogP contribution in [0.5, 0.6) is 0 Å². The van der Waals surface area contributed by atoms with Crippen LogP contribution in [0, 0.1) is 3.01 Å². The van der Waals surface area contributed by atoms with Gasteiger partial charge in [0.15, 0.2) is 3.01 Å². The smallest absolute Gasteiger partial charge is 0.137 e. The highest BCUT2D eigenvalue weighted by Crippen LogP contribution is 2.32. The highest BCUT2D eigenvalue weighted by atomic mass is 127. The van der Waals surface area contributed by atoms with Gasteiger partial charge in [0.1, 0.15) is 5.01 Å². The van der Waals surface area contributed by atoms with Gasteiger partial charge < -0.3 is 0 Å². The molecule has 0 saturated carbocycles. The standard InChI is InChI=1S/C8H3BrClIN2S/c9-6-2-1-4(10)3-5(6)7-12-13-8(11)14-7/h1-3H. The van der Waals surface area contributed by atoms with Crippen LogP contribution in [0.15, 0.2) is 22.7 Å². The molecule has 2 aromatic rings. The Morgan fingerprint density at radius 1 is 1.36 bits per heavy atom. The monoisotopic (exact) mass is 400 g/mol. The molecular weight excluding hydrogens is 398 g/mol. The van der Waals surface area contributed by atoms with Crippen molar-refractivity contribution in [2.45, 2.75) is 0 Å². The van der Waals surface area contributed by atoms with Crippen LogP contribution >= 0.6 is 61.5 Å². The Balaban J connectivity index is 2.55. The minimum absolute atomic E-state index is 0.702. The summed E-state index contributed by atoms with van der Waals surface area (Å²) < 4.78 is 1.90. The van der Waals surface area contributed by atoms with Gasteiger partial charge in [0.25, 0.3) is 0 Å². The average Bonchev–Trinajstić information content (AvgIpc) is 2.56. The fourth-order valence-electron chi connectivity index (χ4n) is 0.976. The van der Waals surface area contributed by atoms with Crippen LogP contribution in [0.4, 0.5) is 0 Å². The molecule has 0 aliphatic carbocycles. The molecule has 2 nitrogen and oxygen atoms in total. The lowest BCUT2D eigenvalue weighted by Gasteiger charge is -1.99. The maximum absolute atomic E-state index is 5.91. The van der Waals surface area contributed by atoms with Gasteiger partial charge in [0.2, 0.25) is 0 Å². The number of halogens is 3. The Labute approximate surface area is 112 Å². The molecule has 14 heavy (non-hydrogen) atoms. The van der Waals surface area contributed by atoms with E-state index in [2.05, 4.69) is 48.7 Å². The molecule has 0 spiro atoms. The summed E-state index contributed by atoms with van der Waals surface area (Å²) in [6, 6.07) is 5.62. The molecule has 0 saturated heterocycles. The molecule has 0 aliphatic rings. The molecule has 0 fully saturated rings. The molecule has 0 atom stereocenters. The first kappa shape index (κ1) is 10.8. The lowest BCUT2D eigenvalue weighted by molar-refractivity contribution is 1.07. The van der Waals surface area contributed by atoms with E-state index >= 15 is 0 Å². The minimum Gasteiger partial charge on any atom is -0.137 e. The third-order valence-electron chi connectivity index (χ3n) is 1.56. The molecule has 6 heteroatoms. The lowest BCUT2D eigenvalue weighted by atomic mass is 10.2. The van der Waals surface area contributed by atoms with Crippen molar-refractivity contribution in [1.29, 1.82) is 0 Å². The summed E-state index contributed by atoms with van der Waals surface area (Å²) in [5, 5.41) is 9.60. The second-order valence-electron chi connectivity index (χ2n) is 2.48. The molecule has 0 bridgehead atoms. The summed E-state index contributed by atoms with van der Waals surface area (Å²) in [4.78, 5) is 0. The number of rotatable bonds is 1. The summed E-state index contributed by atoms with van der Waals surface area (Å²) in [7, 11) is 0. The summed E-state index contributed by atoms with van der Waals surface area (Å²) in [6.45, 7) is 0. The van der Waals surface area contributed by atoms with Gasteiger partial charge in [-0.2, -0.15) is 0 Å². The SMILES string of the molecule is Clc1ccc(Br)c(-c2nnc(I)s2)c1. The Morgan fingerprint density at radius 3 is 2.79 bits per heavy atom. The van der Waals surface area contributed by atoms with Crippen LogP contribution in [-0.4, -0.2) is 10.2 Å². The molecule has 1 aromatic carbocycles. The van der Waals surface area contributed by atoms with Gasteiger partial charge >= 0.3 is 0 Å². The highest BCUT2D eigenvalue weighted by molar-refractivity contribution is 14.1.